The molecule has 1 unspecified atom stereocenters. The van der Waals surface area contributed by atoms with Crippen LogP contribution in [-0.2, 0) is 9.59 Å². The number of anilines is 2. The van der Waals surface area contributed by atoms with Crippen LogP contribution in [0, 0.1) is 6.92 Å². The maximum Gasteiger partial charge on any atom is 0.246 e. The molecule has 1 aromatic carbocycles. The first-order valence-corrected chi connectivity index (χ1v) is 9.90. The molecular weight excluding hydrogens is 380 g/mol. The molecule has 2 aromatic heterocycles. The molecule has 1 aliphatic rings. The highest BCUT2D eigenvalue weighted by Crippen LogP contribution is 2.31. The molecule has 0 bridgehead atoms. The second-order valence-electron chi connectivity index (χ2n) is 7.44. The molecule has 2 N–H and O–H groups in total. The topological polar surface area (TPSA) is 87.5 Å². The second-order valence-corrected chi connectivity index (χ2v) is 7.44. The number of furan rings is 1. The van der Waals surface area contributed by atoms with Crippen LogP contribution in [0.4, 0.5) is 11.5 Å². The molecule has 2 amide bonds. The lowest BCUT2D eigenvalue weighted by Crippen LogP contribution is -2.28. The van der Waals surface area contributed by atoms with Gasteiger partial charge in [0.15, 0.2) is 5.82 Å². The maximum absolute atomic E-state index is 12.7. The molecule has 0 spiro atoms. The Labute approximate surface area is 174 Å². The largest absolute Gasteiger partial charge is 0.459 e. The van der Waals surface area contributed by atoms with Gasteiger partial charge in [-0.2, -0.15) is 0 Å². The average molecular weight is 404 g/mol. The summed E-state index contributed by atoms with van der Waals surface area (Å²) in [6, 6.07) is 9.52. The number of likely N-dealkylation sites (N-methyl/N-ethyl adjacent to an activating group) is 1. The Hall–Kier alpha value is -3.61. The SMILES string of the molecule is Cc1c(C(C)N(C)C(=O)/C=C/c2cnc3c(c2)NCCC(=O)N3)oc2ccccc12. The smallest absolute Gasteiger partial charge is 0.246 e. The summed E-state index contributed by atoms with van der Waals surface area (Å²) >= 11 is 0. The number of pyridine rings is 1. The van der Waals surface area contributed by atoms with Gasteiger partial charge in [0, 0.05) is 43.2 Å². The highest BCUT2D eigenvalue weighted by molar-refractivity contribution is 5.95. The van der Waals surface area contributed by atoms with E-state index in [1.165, 1.54) is 6.08 Å². The summed E-state index contributed by atoms with van der Waals surface area (Å²) in [5, 5.41) is 7.00. The first-order valence-electron chi connectivity index (χ1n) is 9.90. The summed E-state index contributed by atoms with van der Waals surface area (Å²) in [7, 11) is 1.76. The van der Waals surface area contributed by atoms with Crippen molar-refractivity contribution in [3.8, 4) is 0 Å². The Kier molecular flexibility index (Phi) is 5.27. The predicted molar refractivity (Wildman–Crippen MR) is 117 cm³/mol. The van der Waals surface area contributed by atoms with E-state index in [0.29, 0.717) is 18.8 Å². The van der Waals surface area contributed by atoms with Gasteiger partial charge in [-0.1, -0.05) is 18.2 Å². The fraction of sp³-hybridized carbons (Fsp3) is 0.261. The summed E-state index contributed by atoms with van der Waals surface area (Å²) < 4.78 is 6.01. The molecule has 4 rings (SSSR count). The fourth-order valence-corrected chi connectivity index (χ4v) is 3.56. The van der Waals surface area contributed by atoms with Crippen molar-refractivity contribution >= 4 is 40.4 Å². The lowest BCUT2D eigenvalue weighted by atomic mass is 10.1. The minimum Gasteiger partial charge on any atom is -0.459 e. The summed E-state index contributed by atoms with van der Waals surface area (Å²) in [4.78, 5) is 30.3. The van der Waals surface area contributed by atoms with E-state index in [4.69, 9.17) is 4.42 Å². The quantitative estimate of drug-likeness (QED) is 0.639. The van der Waals surface area contributed by atoms with E-state index in [1.807, 2.05) is 44.2 Å². The molecule has 0 saturated heterocycles. The molecule has 154 valence electrons. The molecule has 1 aliphatic heterocycles. The number of aromatic nitrogens is 1. The highest BCUT2D eigenvalue weighted by atomic mass is 16.3. The minimum atomic E-state index is -0.211. The van der Waals surface area contributed by atoms with E-state index in [2.05, 4.69) is 15.6 Å². The maximum atomic E-state index is 12.7. The number of hydrogen-bond acceptors (Lipinski definition) is 5. The van der Waals surface area contributed by atoms with Crippen LogP contribution in [0.15, 0.2) is 47.0 Å². The number of amides is 2. The average Bonchev–Trinajstić information content (AvgIpc) is 2.96. The number of aryl methyl sites for hydroxylation is 1. The van der Waals surface area contributed by atoms with E-state index >= 15 is 0 Å². The number of hydrogen-bond donors (Lipinski definition) is 2. The zero-order valence-electron chi connectivity index (χ0n) is 17.2. The van der Waals surface area contributed by atoms with Crippen LogP contribution >= 0.6 is 0 Å². The number of carbonyl (C=O) groups is 2. The van der Waals surface area contributed by atoms with Crippen LogP contribution < -0.4 is 10.6 Å². The normalized spacial score (nSPS) is 14.7. The van der Waals surface area contributed by atoms with Gasteiger partial charge in [0.05, 0.1) is 11.7 Å². The third-order valence-corrected chi connectivity index (χ3v) is 5.44. The van der Waals surface area contributed by atoms with Gasteiger partial charge in [0.2, 0.25) is 11.8 Å². The van der Waals surface area contributed by atoms with Crippen molar-refractivity contribution in [2.75, 3.05) is 24.2 Å². The van der Waals surface area contributed by atoms with E-state index in [9.17, 15) is 9.59 Å². The van der Waals surface area contributed by atoms with Gasteiger partial charge in [-0.25, -0.2) is 4.98 Å². The van der Waals surface area contributed by atoms with Crippen molar-refractivity contribution in [2.45, 2.75) is 26.3 Å². The van der Waals surface area contributed by atoms with E-state index in [0.717, 1.165) is 33.5 Å². The van der Waals surface area contributed by atoms with Crippen LogP contribution in [0.1, 0.15) is 36.3 Å². The number of benzene rings is 1. The third kappa shape index (κ3) is 3.78. The zero-order chi connectivity index (χ0) is 21.3. The van der Waals surface area contributed by atoms with Gasteiger partial charge in [-0.15, -0.1) is 0 Å². The molecule has 3 heterocycles. The molecule has 0 radical (unpaired) electrons. The van der Waals surface area contributed by atoms with Crippen molar-refractivity contribution in [1.29, 1.82) is 0 Å². The number of fused-ring (bicyclic) bond motifs is 2. The van der Waals surface area contributed by atoms with E-state index < -0.39 is 0 Å². The molecule has 30 heavy (non-hydrogen) atoms. The lowest BCUT2D eigenvalue weighted by molar-refractivity contribution is -0.126. The number of rotatable bonds is 4. The van der Waals surface area contributed by atoms with Gasteiger partial charge >= 0.3 is 0 Å². The molecule has 1 atom stereocenters. The van der Waals surface area contributed by atoms with Crippen LogP contribution in [0.2, 0.25) is 0 Å². The summed E-state index contributed by atoms with van der Waals surface area (Å²) in [5.74, 6) is 1.08. The second kappa shape index (κ2) is 8.02. The van der Waals surface area contributed by atoms with Crippen LogP contribution in [-0.4, -0.2) is 35.3 Å². The zero-order valence-corrected chi connectivity index (χ0v) is 17.2. The van der Waals surface area contributed by atoms with E-state index in [-0.39, 0.29) is 17.9 Å². The van der Waals surface area contributed by atoms with Gasteiger partial charge in [-0.05, 0) is 37.6 Å². The molecule has 0 aliphatic carbocycles. The summed E-state index contributed by atoms with van der Waals surface area (Å²) in [5.41, 5.74) is 3.38. The minimum absolute atomic E-state index is 0.0660. The lowest BCUT2D eigenvalue weighted by Gasteiger charge is -2.22. The van der Waals surface area contributed by atoms with Crippen molar-refractivity contribution in [1.82, 2.24) is 9.88 Å². The van der Waals surface area contributed by atoms with Gasteiger partial charge in [0.25, 0.3) is 0 Å². The van der Waals surface area contributed by atoms with Crippen molar-refractivity contribution in [3.63, 3.8) is 0 Å². The van der Waals surface area contributed by atoms with Crippen LogP contribution in [0.5, 0.6) is 0 Å². The molecule has 3 aromatic rings. The van der Waals surface area contributed by atoms with Crippen LogP contribution in [0.3, 0.4) is 0 Å². The Morgan fingerprint density at radius 1 is 1.33 bits per heavy atom. The highest BCUT2D eigenvalue weighted by Gasteiger charge is 2.22. The summed E-state index contributed by atoms with van der Waals surface area (Å²) in [6.45, 7) is 4.51. The first kappa shape index (κ1) is 19.7. The Balaban J connectivity index is 1.50. The summed E-state index contributed by atoms with van der Waals surface area (Å²) in [6.07, 6.45) is 5.26. The molecule has 0 fully saturated rings. The Morgan fingerprint density at radius 2 is 2.13 bits per heavy atom. The monoisotopic (exact) mass is 404 g/mol. The first-order chi connectivity index (χ1) is 14.4. The fourth-order valence-electron chi connectivity index (χ4n) is 3.56. The molecular formula is C23H24N4O3. The van der Waals surface area contributed by atoms with Crippen LogP contribution in [0.25, 0.3) is 17.0 Å². The number of nitrogens with one attached hydrogen (secondary N) is 2. The van der Waals surface area contributed by atoms with Crippen molar-refractivity contribution < 1.29 is 14.0 Å². The predicted octanol–water partition coefficient (Wildman–Crippen LogP) is 4.12. The number of para-hydroxylation sites is 1. The molecule has 7 heteroatoms. The Morgan fingerprint density at radius 3 is 2.93 bits per heavy atom. The molecule has 0 saturated carbocycles. The van der Waals surface area contributed by atoms with Gasteiger partial charge < -0.3 is 20.0 Å². The molecule has 7 nitrogen and oxygen atoms in total. The standard InChI is InChI=1S/C23H24N4O3/c1-14-17-6-4-5-7-19(17)30-22(14)15(2)27(3)21(29)9-8-16-12-18-23(25-13-16)26-20(28)10-11-24-18/h4-9,12-13,15,24H,10-11H2,1-3H3,(H,25,26,28)/b9-8+. The van der Waals surface area contributed by atoms with Crippen molar-refractivity contribution in [2.24, 2.45) is 0 Å². The van der Waals surface area contributed by atoms with Gasteiger partial charge in [-0.3, -0.25) is 9.59 Å². The number of nitrogens with zero attached hydrogens (tertiary/aromatic N) is 2. The Bertz CT molecular complexity index is 1150. The number of carbonyl (C=O) groups excluding carboxylic acids is 2. The third-order valence-electron chi connectivity index (χ3n) is 5.44. The van der Waals surface area contributed by atoms with Gasteiger partial charge in [0.1, 0.15) is 11.3 Å². The van der Waals surface area contributed by atoms with Crippen molar-refractivity contribution in [3.05, 3.63) is 59.5 Å². The van der Waals surface area contributed by atoms with E-state index in [1.54, 1.807) is 24.2 Å².